The minimum absolute atomic E-state index is 0.117. The Balaban J connectivity index is 1.51. The lowest BCUT2D eigenvalue weighted by atomic mass is 10.2. The van der Waals surface area contributed by atoms with Crippen LogP contribution in [0.5, 0.6) is 0 Å². The fraction of sp³-hybridized carbons (Fsp3) is 0.500. The van der Waals surface area contributed by atoms with Crippen molar-refractivity contribution in [2.75, 3.05) is 44.7 Å². The van der Waals surface area contributed by atoms with E-state index in [1.807, 2.05) is 5.01 Å². The van der Waals surface area contributed by atoms with Crippen molar-refractivity contribution >= 4 is 17.6 Å². The average Bonchev–Trinajstić information content (AvgIpc) is 2.90. The number of hydrazine groups is 1. The second-order valence-corrected chi connectivity index (χ2v) is 6.41. The summed E-state index contributed by atoms with van der Waals surface area (Å²) in [6, 6.07) is 5.35. The molecule has 0 aromatic heterocycles. The van der Waals surface area contributed by atoms with Crippen LogP contribution in [0, 0.1) is 5.82 Å². The number of piperazine rings is 1. The van der Waals surface area contributed by atoms with Crippen LogP contribution in [0.4, 0.5) is 14.9 Å². The SMILES string of the molecule is C[NH+]1CCN(NC(=O)N[C@H]2CC(=O)N(c3cccc(F)c3)C2)CC1. The third kappa shape index (κ3) is 4.01. The van der Waals surface area contributed by atoms with Gasteiger partial charge in [-0.25, -0.2) is 14.2 Å². The molecule has 2 aliphatic rings. The Morgan fingerprint density at radius 3 is 2.79 bits per heavy atom. The molecule has 2 saturated heterocycles. The summed E-state index contributed by atoms with van der Waals surface area (Å²) >= 11 is 0. The van der Waals surface area contributed by atoms with E-state index in [9.17, 15) is 14.0 Å². The van der Waals surface area contributed by atoms with Crippen molar-refractivity contribution in [3.63, 3.8) is 0 Å². The molecule has 2 aliphatic heterocycles. The highest BCUT2D eigenvalue weighted by Crippen LogP contribution is 2.22. The highest BCUT2D eigenvalue weighted by atomic mass is 19.1. The number of urea groups is 1. The standard InChI is InChI=1S/C16H22FN5O2/c1-20-5-7-21(8-6-20)19-16(24)18-13-10-15(23)22(11-13)14-4-2-3-12(17)9-14/h2-4,9,13H,5-8,10-11H2,1H3,(H2,18,19,24)/p+1/t13-/m0/s1. The number of carbonyl (C=O) groups is 2. The molecule has 1 atom stereocenters. The molecule has 2 fully saturated rings. The third-order valence-corrected chi connectivity index (χ3v) is 4.46. The summed E-state index contributed by atoms with van der Waals surface area (Å²) in [7, 11) is 2.13. The number of halogens is 1. The molecular formula is C16H23FN5O2+. The van der Waals surface area contributed by atoms with E-state index in [0.717, 1.165) is 26.2 Å². The van der Waals surface area contributed by atoms with Crippen molar-refractivity contribution in [2.24, 2.45) is 0 Å². The molecule has 1 aromatic carbocycles. The fourth-order valence-electron chi connectivity index (χ4n) is 3.06. The minimum atomic E-state index is -0.383. The van der Waals surface area contributed by atoms with Crippen molar-refractivity contribution in [3.8, 4) is 0 Å². The predicted octanol–water partition coefficient (Wildman–Crippen LogP) is -1.02. The summed E-state index contributed by atoms with van der Waals surface area (Å²) in [6.45, 7) is 3.92. The molecule has 0 aliphatic carbocycles. The quantitative estimate of drug-likeness (QED) is 0.662. The van der Waals surface area contributed by atoms with E-state index >= 15 is 0 Å². The van der Waals surface area contributed by atoms with Crippen molar-refractivity contribution in [3.05, 3.63) is 30.1 Å². The molecule has 1 aromatic rings. The second-order valence-electron chi connectivity index (χ2n) is 6.41. The number of hydrogen-bond donors (Lipinski definition) is 3. The molecule has 3 N–H and O–H groups in total. The number of anilines is 1. The molecule has 2 heterocycles. The molecule has 0 spiro atoms. The van der Waals surface area contributed by atoms with Gasteiger partial charge < -0.3 is 15.1 Å². The Morgan fingerprint density at radius 2 is 2.08 bits per heavy atom. The van der Waals surface area contributed by atoms with Crippen LogP contribution in [0.25, 0.3) is 0 Å². The molecule has 3 amide bonds. The number of likely N-dealkylation sites (N-methyl/N-ethyl adjacent to an activating group) is 1. The van der Waals surface area contributed by atoms with Crippen LogP contribution in [0.2, 0.25) is 0 Å². The van der Waals surface area contributed by atoms with E-state index in [0.29, 0.717) is 12.2 Å². The molecule has 24 heavy (non-hydrogen) atoms. The lowest BCUT2D eigenvalue weighted by Crippen LogP contribution is -3.12. The zero-order chi connectivity index (χ0) is 17.1. The molecule has 0 unspecified atom stereocenters. The third-order valence-electron chi connectivity index (χ3n) is 4.46. The van der Waals surface area contributed by atoms with Gasteiger partial charge in [0.25, 0.3) is 0 Å². The molecule has 7 nitrogen and oxygen atoms in total. The van der Waals surface area contributed by atoms with Gasteiger partial charge in [0, 0.05) is 18.7 Å². The second kappa shape index (κ2) is 7.14. The van der Waals surface area contributed by atoms with Gasteiger partial charge in [0.1, 0.15) is 5.82 Å². The van der Waals surface area contributed by atoms with E-state index in [4.69, 9.17) is 0 Å². The summed E-state index contributed by atoms with van der Waals surface area (Å²) in [5.74, 6) is -0.499. The first-order chi connectivity index (χ1) is 11.5. The average molecular weight is 336 g/mol. The number of nitrogens with one attached hydrogen (secondary N) is 3. The highest BCUT2D eigenvalue weighted by molar-refractivity contribution is 5.96. The lowest BCUT2D eigenvalue weighted by Gasteiger charge is -2.30. The highest BCUT2D eigenvalue weighted by Gasteiger charge is 2.32. The Kier molecular flexibility index (Phi) is 4.96. The van der Waals surface area contributed by atoms with E-state index in [2.05, 4.69) is 17.8 Å². The number of nitrogens with zero attached hydrogens (tertiary/aromatic N) is 2. The monoisotopic (exact) mass is 336 g/mol. The number of hydrogen-bond acceptors (Lipinski definition) is 3. The summed E-state index contributed by atoms with van der Waals surface area (Å²) < 4.78 is 13.3. The maximum atomic E-state index is 13.3. The van der Waals surface area contributed by atoms with E-state index in [1.54, 1.807) is 12.1 Å². The first-order valence-corrected chi connectivity index (χ1v) is 8.20. The van der Waals surface area contributed by atoms with Gasteiger partial charge in [0.2, 0.25) is 5.91 Å². The summed E-state index contributed by atoms with van der Waals surface area (Å²) in [5.41, 5.74) is 3.35. The van der Waals surface area contributed by atoms with Gasteiger partial charge in [-0.1, -0.05) is 6.07 Å². The summed E-state index contributed by atoms with van der Waals surface area (Å²) in [4.78, 5) is 27.2. The van der Waals surface area contributed by atoms with Gasteiger partial charge in [-0.3, -0.25) is 10.2 Å². The predicted molar refractivity (Wildman–Crippen MR) is 87.0 cm³/mol. The number of benzene rings is 1. The molecule has 130 valence electrons. The Bertz CT molecular complexity index is 618. The first-order valence-electron chi connectivity index (χ1n) is 8.20. The van der Waals surface area contributed by atoms with Gasteiger partial charge in [0.05, 0.1) is 39.3 Å². The number of rotatable bonds is 3. The number of quaternary nitrogens is 1. The maximum Gasteiger partial charge on any atom is 0.329 e. The smallest absolute Gasteiger partial charge is 0.329 e. The zero-order valence-electron chi connectivity index (χ0n) is 13.7. The van der Waals surface area contributed by atoms with Crippen molar-refractivity contribution in [1.29, 1.82) is 0 Å². The first kappa shape index (κ1) is 16.7. The summed E-state index contributed by atoms with van der Waals surface area (Å²) in [6.07, 6.45) is 0.219. The molecule has 3 rings (SSSR count). The van der Waals surface area contributed by atoms with Crippen LogP contribution in [0.3, 0.4) is 0 Å². The van der Waals surface area contributed by atoms with Crippen molar-refractivity contribution in [2.45, 2.75) is 12.5 Å². The topological polar surface area (TPSA) is 69.1 Å². The molecular weight excluding hydrogens is 313 g/mol. The van der Waals surface area contributed by atoms with Crippen LogP contribution < -0.4 is 20.5 Å². The van der Waals surface area contributed by atoms with Crippen LogP contribution in [0.1, 0.15) is 6.42 Å². The van der Waals surface area contributed by atoms with Crippen molar-refractivity contribution in [1.82, 2.24) is 15.8 Å². The molecule has 0 saturated carbocycles. The van der Waals surface area contributed by atoms with Gasteiger partial charge in [-0.05, 0) is 18.2 Å². The van der Waals surface area contributed by atoms with Crippen LogP contribution >= 0.6 is 0 Å². The fourth-order valence-corrected chi connectivity index (χ4v) is 3.06. The normalized spacial score (nSPS) is 22.7. The molecule has 0 bridgehead atoms. The van der Waals surface area contributed by atoms with Crippen molar-refractivity contribution < 1.29 is 18.9 Å². The Hall–Kier alpha value is -2.19. The van der Waals surface area contributed by atoms with Gasteiger partial charge in [-0.15, -0.1) is 0 Å². The zero-order valence-corrected chi connectivity index (χ0v) is 13.7. The van der Waals surface area contributed by atoms with Gasteiger partial charge in [0.15, 0.2) is 0 Å². The van der Waals surface area contributed by atoms with E-state index in [1.165, 1.54) is 21.9 Å². The van der Waals surface area contributed by atoms with E-state index < -0.39 is 0 Å². The minimum Gasteiger partial charge on any atom is -0.335 e. The number of amides is 3. The van der Waals surface area contributed by atoms with Crippen LogP contribution in [-0.4, -0.2) is 62.8 Å². The van der Waals surface area contributed by atoms with Gasteiger partial charge in [-0.2, -0.15) is 0 Å². The number of carbonyl (C=O) groups excluding carboxylic acids is 2. The Morgan fingerprint density at radius 1 is 1.33 bits per heavy atom. The van der Waals surface area contributed by atoms with Crippen LogP contribution in [0.15, 0.2) is 24.3 Å². The van der Waals surface area contributed by atoms with Gasteiger partial charge >= 0.3 is 6.03 Å². The van der Waals surface area contributed by atoms with Crippen LogP contribution in [-0.2, 0) is 4.79 Å². The maximum absolute atomic E-state index is 13.3. The summed E-state index contributed by atoms with van der Waals surface area (Å²) in [5, 5.41) is 4.72. The molecule has 0 radical (unpaired) electrons. The lowest BCUT2D eigenvalue weighted by molar-refractivity contribution is -0.884. The molecule has 8 heteroatoms. The van der Waals surface area contributed by atoms with E-state index in [-0.39, 0.29) is 30.2 Å². The Labute approximate surface area is 140 Å². The largest absolute Gasteiger partial charge is 0.335 e.